The molecule has 3 aromatic rings. The molecule has 0 amide bonds. The Balaban J connectivity index is 1.50. The molecule has 0 saturated heterocycles. The molecule has 0 bridgehead atoms. The number of aromatic nitrogens is 2. The molecule has 0 unspecified atom stereocenters. The number of fused-ring (bicyclic) bond motifs is 1. The van der Waals surface area contributed by atoms with Gasteiger partial charge in [0.15, 0.2) is 0 Å². The Kier molecular flexibility index (Phi) is 4.41. The number of nitrogens with one attached hydrogen (secondary N) is 2. The van der Waals surface area contributed by atoms with Crippen molar-refractivity contribution in [3.8, 4) is 0 Å². The van der Waals surface area contributed by atoms with Gasteiger partial charge in [-0.1, -0.05) is 31.0 Å². The average Bonchev–Trinajstić information content (AvgIpc) is 3.29. The molecule has 0 radical (unpaired) electrons. The molecule has 1 aliphatic carbocycles. The zero-order valence-corrected chi connectivity index (χ0v) is 14.8. The van der Waals surface area contributed by atoms with Gasteiger partial charge < -0.3 is 10.3 Å². The quantitative estimate of drug-likeness (QED) is 0.493. The fraction of sp³-hybridized carbons (Fsp3) is 0.316. The fourth-order valence-electron chi connectivity index (χ4n) is 3.44. The van der Waals surface area contributed by atoms with Crippen LogP contribution in [0, 0.1) is 0 Å². The Hall–Kier alpha value is -2.02. The Morgan fingerprint density at radius 1 is 1.08 bits per heavy atom. The maximum absolute atomic E-state index is 10.4. The molecule has 1 saturated carbocycles. The van der Waals surface area contributed by atoms with Gasteiger partial charge in [-0.3, -0.25) is 9.11 Å². The van der Waals surface area contributed by atoms with Gasteiger partial charge in [0.05, 0.1) is 15.9 Å². The predicted octanol–water partition coefficient (Wildman–Crippen LogP) is 5.40. The minimum atomic E-state index is -2.86. The van der Waals surface area contributed by atoms with Crippen molar-refractivity contribution >= 4 is 27.3 Å². The van der Waals surface area contributed by atoms with Crippen LogP contribution in [0.25, 0.3) is 11.0 Å². The normalized spacial score (nSPS) is 16.4. The molecule has 1 fully saturated rings. The van der Waals surface area contributed by atoms with E-state index in [1.807, 2.05) is 36.4 Å². The molecule has 1 aliphatic rings. The standard InChI is InChI=1S/C19H23N3O2S/c23-25(24,16-8-2-1-3-9-16)13-20-15-10-11-17-18(12-15)22-19(21-17)14-6-4-5-7-14/h1-3,8-12,14,20,23-24H,4-7,13H2,(H,21,22). The Labute approximate surface area is 148 Å². The summed E-state index contributed by atoms with van der Waals surface area (Å²) in [6.45, 7) is 0. The molecule has 0 atom stereocenters. The van der Waals surface area contributed by atoms with E-state index in [-0.39, 0.29) is 5.88 Å². The van der Waals surface area contributed by atoms with Crippen molar-refractivity contribution in [2.75, 3.05) is 11.2 Å². The SMILES string of the molecule is OS(O)(CNc1ccc2nc(C3CCCC3)[nH]c2c1)c1ccccc1. The zero-order valence-electron chi connectivity index (χ0n) is 14.0. The Bertz CT molecular complexity index is 857. The summed E-state index contributed by atoms with van der Waals surface area (Å²) in [6.07, 6.45) is 4.99. The van der Waals surface area contributed by atoms with Gasteiger partial charge in [-0.25, -0.2) is 4.98 Å². The molecular formula is C19H23N3O2S. The van der Waals surface area contributed by atoms with E-state index in [1.165, 1.54) is 25.7 Å². The van der Waals surface area contributed by atoms with Crippen LogP contribution in [-0.4, -0.2) is 25.0 Å². The number of H-pyrrole nitrogens is 1. The zero-order chi connectivity index (χ0) is 17.3. The number of benzene rings is 2. The van der Waals surface area contributed by atoms with Crippen molar-refractivity contribution < 1.29 is 9.11 Å². The van der Waals surface area contributed by atoms with Crippen molar-refractivity contribution in [3.63, 3.8) is 0 Å². The van der Waals surface area contributed by atoms with Crippen molar-refractivity contribution in [2.24, 2.45) is 0 Å². The van der Waals surface area contributed by atoms with Crippen molar-refractivity contribution in [1.29, 1.82) is 0 Å². The third kappa shape index (κ3) is 3.51. The number of anilines is 1. The number of hydrogen-bond acceptors (Lipinski definition) is 4. The summed E-state index contributed by atoms with van der Waals surface area (Å²) < 4.78 is 20.7. The van der Waals surface area contributed by atoms with Crippen LogP contribution in [-0.2, 0) is 0 Å². The molecule has 0 aliphatic heterocycles. The smallest absolute Gasteiger partial charge is 0.111 e. The lowest BCUT2D eigenvalue weighted by molar-refractivity contribution is 0.489. The fourth-order valence-corrected chi connectivity index (χ4v) is 4.57. The second kappa shape index (κ2) is 6.71. The van der Waals surface area contributed by atoms with Crippen LogP contribution in [0.4, 0.5) is 5.69 Å². The molecular weight excluding hydrogens is 334 g/mol. The number of hydrogen-bond donors (Lipinski definition) is 4. The number of imidazole rings is 1. The van der Waals surface area contributed by atoms with E-state index in [9.17, 15) is 9.11 Å². The van der Waals surface area contributed by atoms with Crippen molar-refractivity contribution in [2.45, 2.75) is 36.5 Å². The third-order valence-corrected chi connectivity index (χ3v) is 6.41. The van der Waals surface area contributed by atoms with Gasteiger partial charge in [-0.05, 0) is 43.2 Å². The van der Waals surface area contributed by atoms with Crippen LogP contribution in [0.1, 0.15) is 37.4 Å². The molecule has 0 spiro atoms. The van der Waals surface area contributed by atoms with Gasteiger partial charge in [0.25, 0.3) is 0 Å². The lowest BCUT2D eigenvalue weighted by Gasteiger charge is -2.32. The summed E-state index contributed by atoms with van der Waals surface area (Å²) in [7, 11) is -2.86. The topological polar surface area (TPSA) is 81.2 Å². The summed E-state index contributed by atoms with van der Waals surface area (Å²) in [6, 6.07) is 14.9. The van der Waals surface area contributed by atoms with Gasteiger partial charge in [-0.15, -0.1) is 0 Å². The van der Waals surface area contributed by atoms with Gasteiger partial charge in [0, 0.05) is 11.6 Å². The summed E-state index contributed by atoms with van der Waals surface area (Å²) >= 11 is 0. The van der Waals surface area contributed by atoms with Gasteiger partial charge in [0.2, 0.25) is 0 Å². The predicted molar refractivity (Wildman–Crippen MR) is 103 cm³/mol. The maximum Gasteiger partial charge on any atom is 0.111 e. The van der Waals surface area contributed by atoms with Crippen molar-refractivity contribution in [3.05, 3.63) is 54.4 Å². The first-order valence-electron chi connectivity index (χ1n) is 8.66. The van der Waals surface area contributed by atoms with E-state index < -0.39 is 10.6 Å². The number of nitrogens with zero attached hydrogens (tertiary/aromatic N) is 1. The molecule has 1 aromatic heterocycles. The molecule has 1 heterocycles. The van der Waals surface area contributed by atoms with E-state index in [1.54, 1.807) is 12.1 Å². The average molecular weight is 357 g/mol. The van der Waals surface area contributed by atoms with Gasteiger partial charge in [0.1, 0.15) is 11.7 Å². The minimum absolute atomic E-state index is 0.0894. The van der Waals surface area contributed by atoms with E-state index in [0.717, 1.165) is 22.5 Å². The van der Waals surface area contributed by atoms with Crippen LogP contribution in [0.15, 0.2) is 53.4 Å². The molecule has 5 nitrogen and oxygen atoms in total. The second-order valence-electron chi connectivity index (χ2n) is 6.64. The third-order valence-electron chi connectivity index (χ3n) is 4.84. The van der Waals surface area contributed by atoms with Crippen molar-refractivity contribution in [1.82, 2.24) is 9.97 Å². The van der Waals surface area contributed by atoms with Crippen LogP contribution in [0.3, 0.4) is 0 Å². The molecule has 25 heavy (non-hydrogen) atoms. The highest BCUT2D eigenvalue weighted by Gasteiger charge is 2.20. The maximum atomic E-state index is 10.4. The van der Waals surface area contributed by atoms with Crippen LogP contribution < -0.4 is 5.32 Å². The van der Waals surface area contributed by atoms with E-state index >= 15 is 0 Å². The van der Waals surface area contributed by atoms with E-state index in [2.05, 4.69) is 10.3 Å². The Morgan fingerprint density at radius 2 is 1.84 bits per heavy atom. The largest absolute Gasteiger partial charge is 0.368 e. The lowest BCUT2D eigenvalue weighted by atomic mass is 10.1. The molecule has 6 heteroatoms. The first-order valence-corrected chi connectivity index (χ1v) is 10.4. The lowest BCUT2D eigenvalue weighted by Crippen LogP contribution is -2.11. The molecule has 4 N–H and O–H groups in total. The second-order valence-corrected chi connectivity index (χ2v) is 8.73. The summed E-state index contributed by atoms with van der Waals surface area (Å²) in [5.41, 5.74) is 2.80. The summed E-state index contributed by atoms with van der Waals surface area (Å²) in [5.74, 6) is 1.72. The summed E-state index contributed by atoms with van der Waals surface area (Å²) in [5, 5.41) is 3.14. The monoisotopic (exact) mass is 357 g/mol. The number of aromatic amines is 1. The van der Waals surface area contributed by atoms with Gasteiger partial charge in [-0.2, -0.15) is 10.6 Å². The van der Waals surface area contributed by atoms with E-state index in [0.29, 0.717) is 10.8 Å². The van der Waals surface area contributed by atoms with Crippen LogP contribution >= 0.6 is 10.6 Å². The first kappa shape index (κ1) is 16.4. The summed E-state index contributed by atoms with van der Waals surface area (Å²) in [4.78, 5) is 8.70. The first-order chi connectivity index (χ1) is 12.1. The highest BCUT2D eigenvalue weighted by molar-refractivity contribution is 8.24. The molecule has 2 aromatic carbocycles. The van der Waals surface area contributed by atoms with Gasteiger partial charge >= 0.3 is 0 Å². The highest BCUT2D eigenvalue weighted by Crippen LogP contribution is 2.47. The molecule has 4 rings (SSSR count). The van der Waals surface area contributed by atoms with Crippen LogP contribution in [0.5, 0.6) is 0 Å². The molecule has 132 valence electrons. The highest BCUT2D eigenvalue weighted by atomic mass is 32.3. The minimum Gasteiger partial charge on any atom is -0.368 e. The van der Waals surface area contributed by atoms with Crippen LogP contribution in [0.2, 0.25) is 0 Å². The number of rotatable bonds is 5. The van der Waals surface area contributed by atoms with E-state index in [4.69, 9.17) is 4.98 Å². The Morgan fingerprint density at radius 3 is 2.60 bits per heavy atom.